The molecule has 2 aromatic rings. The molecule has 2 heterocycles. The Labute approximate surface area is 243 Å². The van der Waals surface area contributed by atoms with Crippen molar-refractivity contribution in [3.63, 3.8) is 0 Å². The zero-order chi connectivity index (χ0) is 30.7. The first kappa shape index (κ1) is 29.6. The molecule has 228 valence electrons. The van der Waals surface area contributed by atoms with E-state index in [9.17, 15) is 19.8 Å². The molecule has 2 aromatic carbocycles. The highest BCUT2D eigenvalue weighted by atomic mass is 16.7. The molecule has 12 nitrogen and oxygen atoms in total. The summed E-state index contributed by atoms with van der Waals surface area (Å²) < 4.78 is 47.2. The molecule has 2 aliphatic heterocycles. The first-order valence-electron chi connectivity index (χ1n) is 13.5. The van der Waals surface area contributed by atoms with Gasteiger partial charge in [-0.05, 0) is 26.0 Å². The van der Waals surface area contributed by atoms with Crippen LogP contribution in [0.1, 0.15) is 58.0 Å². The Hall–Kier alpha value is -3.90. The van der Waals surface area contributed by atoms with Crippen molar-refractivity contribution in [2.75, 3.05) is 34.7 Å². The summed E-state index contributed by atoms with van der Waals surface area (Å²) in [4.78, 5) is 26.2. The smallest absolute Gasteiger partial charge is 0.338 e. The van der Waals surface area contributed by atoms with Gasteiger partial charge in [-0.3, -0.25) is 4.79 Å². The lowest BCUT2D eigenvalue weighted by Crippen LogP contribution is -2.50. The number of methoxy groups -OCH3 is 3. The van der Waals surface area contributed by atoms with Crippen LogP contribution in [0.2, 0.25) is 0 Å². The van der Waals surface area contributed by atoms with Gasteiger partial charge in [-0.15, -0.1) is 0 Å². The van der Waals surface area contributed by atoms with Crippen LogP contribution in [0.25, 0.3) is 11.1 Å². The Morgan fingerprint density at radius 3 is 2.24 bits per heavy atom. The summed E-state index contributed by atoms with van der Waals surface area (Å²) in [5.74, 6) is -1.85. The van der Waals surface area contributed by atoms with Crippen LogP contribution in [0.3, 0.4) is 0 Å². The Balaban J connectivity index is 2.04. The zero-order valence-electron chi connectivity index (χ0n) is 24.9. The van der Waals surface area contributed by atoms with Crippen LogP contribution in [0.4, 0.5) is 0 Å². The van der Waals surface area contributed by atoms with Gasteiger partial charge in [0.1, 0.15) is 11.7 Å². The zero-order valence-corrected chi connectivity index (χ0v) is 24.9. The van der Waals surface area contributed by atoms with Crippen LogP contribution in [-0.4, -0.2) is 68.1 Å². The molecule has 0 radical (unpaired) electrons. The Morgan fingerprint density at radius 2 is 1.62 bits per heavy atom. The highest BCUT2D eigenvalue weighted by Gasteiger charge is 2.53. The standard InChI is InChI=1S/C30H36O12/c1-13-11-38-26-20-16(9-19-24(26)40-12-39-19)22(41-15(3)31)14(2)30(5,34)27(42-28(32)29(13,4)33)17-10-18(35-6)23(36-7)25(37-8)21(17)20/h9-10,13-14,22,27,33-34H,11-12H2,1-8H3/t13-,14+,22-,27+,29-,30+/m1/s1. The molecule has 0 spiro atoms. The second-order valence-corrected chi connectivity index (χ2v) is 11.2. The van der Waals surface area contributed by atoms with E-state index in [2.05, 4.69) is 0 Å². The summed E-state index contributed by atoms with van der Waals surface area (Å²) in [6.07, 6.45) is -2.51. The maximum atomic E-state index is 13.7. The number of rotatable bonds is 4. The van der Waals surface area contributed by atoms with Crippen molar-refractivity contribution in [1.29, 1.82) is 0 Å². The molecule has 0 saturated carbocycles. The van der Waals surface area contributed by atoms with Crippen LogP contribution in [-0.2, 0) is 19.1 Å². The van der Waals surface area contributed by atoms with Crippen molar-refractivity contribution in [2.24, 2.45) is 11.8 Å². The van der Waals surface area contributed by atoms with E-state index in [-0.39, 0.29) is 47.7 Å². The summed E-state index contributed by atoms with van der Waals surface area (Å²) in [6.45, 7) is 7.13. The second-order valence-electron chi connectivity index (χ2n) is 11.2. The van der Waals surface area contributed by atoms with Crippen LogP contribution in [0.15, 0.2) is 12.1 Å². The van der Waals surface area contributed by atoms with Gasteiger partial charge in [-0.25, -0.2) is 4.79 Å². The van der Waals surface area contributed by atoms with Crippen LogP contribution in [0, 0.1) is 11.8 Å². The molecule has 42 heavy (non-hydrogen) atoms. The molecule has 6 atom stereocenters. The minimum atomic E-state index is -2.02. The number of benzene rings is 2. The average molecular weight is 589 g/mol. The maximum Gasteiger partial charge on any atom is 0.338 e. The molecular weight excluding hydrogens is 552 g/mol. The maximum absolute atomic E-state index is 13.7. The van der Waals surface area contributed by atoms with E-state index in [1.54, 1.807) is 26.0 Å². The summed E-state index contributed by atoms with van der Waals surface area (Å²) in [5.41, 5.74) is -2.52. The monoisotopic (exact) mass is 588 g/mol. The normalized spacial score (nSPS) is 29.6. The lowest BCUT2D eigenvalue weighted by atomic mass is 9.71. The Kier molecular flexibility index (Phi) is 7.34. The van der Waals surface area contributed by atoms with Gasteiger partial charge >= 0.3 is 11.9 Å². The molecule has 0 aromatic heterocycles. The first-order chi connectivity index (χ1) is 19.8. The van der Waals surface area contributed by atoms with Gasteiger partial charge in [-0.1, -0.05) is 13.8 Å². The Bertz CT molecular complexity index is 1430. The number of ether oxygens (including phenoxy) is 8. The van der Waals surface area contributed by atoms with Gasteiger partial charge < -0.3 is 48.1 Å². The number of hydrogen-bond acceptors (Lipinski definition) is 12. The fourth-order valence-electron chi connectivity index (χ4n) is 5.75. The largest absolute Gasteiger partial charge is 0.493 e. The van der Waals surface area contributed by atoms with Crippen molar-refractivity contribution in [3.8, 4) is 45.6 Å². The lowest BCUT2D eigenvalue weighted by molar-refractivity contribution is -0.201. The second kappa shape index (κ2) is 10.4. The van der Waals surface area contributed by atoms with Crippen molar-refractivity contribution >= 4 is 11.9 Å². The SMILES string of the molecule is COc1cc2c(c(OC)c1OC)-c1c3cc4c(c1OC[C@@H](C)[C@@](C)(O)C(=O)O[C@@H]2[C@@](C)(O)[C@@H](C)[C@H]3OC(C)=O)OCO4. The van der Waals surface area contributed by atoms with Crippen molar-refractivity contribution in [3.05, 3.63) is 23.3 Å². The van der Waals surface area contributed by atoms with E-state index < -0.39 is 47.2 Å². The quantitative estimate of drug-likeness (QED) is 0.504. The lowest BCUT2D eigenvalue weighted by Gasteiger charge is -2.44. The molecular formula is C30H36O12. The van der Waals surface area contributed by atoms with Crippen molar-refractivity contribution < 1.29 is 57.7 Å². The number of aliphatic hydroxyl groups is 2. The van der Waals surface area contributed by atoms with Gasteiger partial charge in [0.15, 0.2) is 34.7 Å². The van der Waals surface area contributed by atoms with E-state index in [1.165, 1.54) is 42.1 Å². The minimum Gasteiger partial charge on any atom is -0.493 e. The summed E-state index contributed by atoms with van der Waals surface area (Å²) >= 11 is 0. The summed E-state index contributed by atoms with van der Waals surface area (Å²) in [5, 5.41) is 23.7. The molecule has 12 heteroatoms. The predicted molar refractivity (Wildman–Crippen MR) is 146 cm³/mol. The van der Waals surface area contributed by atoms with Gasteiger partial charge in [0.05, 0.1) is 27.9 Å². The average Bonchev–Trinajstić information content (AvgIpc) is 3.42. The number of carbonyl (C=O) groups is 2. The first-order valence-corrected chi connectivity index (χ1v) is 13.5. The fraction of sp³-hybridized carbons (Fsp3) is 0.533. The van der Waals surface area contributed by atoms with Gasteiger partial charge in [0.25, 0.3) is 0 Å². The molecule has 2 N–H and O–H groups in total. The molecule has 2 bridgehead atoms. The number of hydrogen-bond donors (Lipinski definition) is 2. The predicted octanol–water partition coefficient (Wildman–Crippen LogP) is 3.48. The summed E-state index contributed by atoms with van der Waals surface area (Å²) in [7, 11) is 4.31. The topological polar surface area (TPSA) is 148 Å². The minimum absolute atomic E-state index is 0.104. The molecule has 0 amide bonds. The van der Waals surface area contributed by atoms with E-state index >= 15 is 0 Å². The third-order valence-electron chi connectivity index (χ3n) is 8.62. The molecule has 0 saturated heterocycles. The molecule has 0 fully saturated rings. The van der Waals surface area contributed by atoms with Gasteiger partial charge in [0, 0.05) is 41.0 Å². The van der Waals surface area contributed by atoms with Crippen molar-refractivity contribution in [1.82, 2.24) is 0 Å². The third kappa shape index (κ3) is 4.35. The molecule has 0 unspecified atom stereocenters. The number of esters is 2. The van der Waals surface area contributed by atoms with E-state index in [4.69, 9.17) is 37.9 Å². The summed E-state index contributed by atoms with van der Waals surface area (Å²) in [6, 6.07) is 3.26. The highest BCUT2D eigenvalue weighted by Crippen LogP contribution is 2.61. The molecule has 5 rings (SSSR count). The van der Waals surface area contributed by atoms with Crippen LogP contribution in [0.5, 0.6) is 34.5 Å². The van der Waals surface area contributed by atoms with E-state index in [0.29, 0.717) is 22.4 Å². The molecule has 3 aliphatic rings. The van der Waals surface area contributed by atoms with Crippen LogP contribution < -0.4 is 28.4 Å². The van der Waals surface area contributed by atoms with Gasteiger partial charge in [-0.2, -0.15) is 0 Å². The highest BCUT2D eigenvalue weighted by molar-refractivity contribution is 5.90. The molecule has 1 aliphatic carbocycles. The van der Waals surface area contributed by atoms with Crippen molar-refractivity contribution in [2.45, 2.75) is 58.0 Å². The Morgan fingerprint density at radius 1 is 0.929 bits per heavy atom. The van der Waals surface area contributed by atoms with Gasteiger partial charge in [0.2, 0.25) is 18.3 Å². The van der Waals surface area contributed by atoms with E-state index in [1.807, 2.05) is 0 Å². The number of carbonyl (C=O) groups excluding carboxylic acids is 2. The fourth-order valence-corrected chi connectivity index (χ4v) is 5.75. The third-order valence-corrected chi connectivity index (χ3v) is 8.62. The van der Waals surface area contributed by atoms with E-state index in [0.717, 1.165) is 0 Å². The number of fused-ring (bicyclic) bond motifs is 2. The van der Waals surface area contributed by atoms with Crippen LogP contribution >= 0.6 is 0 Å².